The van der Waals surface area contributed by atoms with Gasteiger partial charge in [-0.05, 0) is 119 Å². The molecule has 2 aliphatic heterocycles. The lowest BCUT2D eigenvalue weighted by molar-refractivity contribution is 0.0237. The molecule has 388 valence electrons. The first-order chi connectivity index (χ1) is 34.3. The number of thiazole rings is 1. The molecule has 0 bridgehead atoms. The highest BCUT2D eigenvalue weighted by Gasteiger charge is 2.23. The van der Waals surface area contributed by atoms with Gasteiger partial charge in [0.25, 0.3) is 0 Å². The zero-order chi connectivity index (χ0) is 52.2. The lowest BCUT2D eigenvalue weighted by atomic mass is 10.1. The van der Waals surface area contributed by atoms with Crippen LogP contribution in [0.3, 0.4) is 0 Å². The second kappa shape index (κ2) is 32.2. The molecule has 71 heavy (non-hydrogen) atoms. The van der Waals surface area contributed by atoms with E-state index in [1.54, 1.807) is 41.3 Å². The van der Waals surface area contributed by atoms with Gasteiger partial charge < -0.3 is 59.7 Å². The molecule has 1 aromatic heterocycles. The van der Waals surface area contributed by atoms with E-state index in [4.69, 9.17) is 38.9 Å². The molecule has 0 saturated heterocycles. The number of ketones is 2. The highest BCUT2D eigenvalue weighted by atomic mass is 79.9. The number of Topliss-reactive ketones (excluding diaryl/α,β-unsaturated/α-hetero) is 1. The van der Waals surface area contributed by atoms with Crippen molar-refractivity contribution in [3.8, 4) is 34.5 Å². The van der Waals surface area contributed by atoms with Gasteiger partial charge in [0.2, 0.25) is 5.78 Å². The minimum atomic E-state index is -0.485. The van der Waals surface area contributed by atoms with Gasteiger partial charge in [0.1, 0.15) is 67.4 Å². The molecule has 0 radical (unpaired) electrons. The summed E-state index contributed by atoms with van der Waals surface area (Å²) < 4.78 is 38.5. The quantitative estimate of drug-likeness (QED) is 0.0183. The van der Waals surface area contributed by atoms with Gasteiger partial charge in [-0.1, -0.05) is 61.9 Å². The summed E-state index contributed by atoms with van der Waals surface area (Å²) >= 11 is 8.44. The van der Waals surface area contributed by atoms with Gasteiger partial charge in [-0.3, -0.25) is 9.59 Å². The van der Waals surface area contributed by atoms with Crippen molar-refractivity contribution < 1.29 is 47.5 Å². The predicted molar refractivity (Wildman–Crippen MR) is 292 cm³/mol. The van der Waals surface area contributed by atoms with Gasteiger partial charge in [-0.25, -0.2) is 9.78 Å². The average Bonchev–Trinajstić information content (AvgIpc) is 3.76. The number of anilines is 4. The molecule has 7 rings (SSSR count). The number of ether oxygens (including phenoxy) is 7. The highest BCUT2D eigenvalue weighted by molar-refractivity contribution is 9.09. The van der Waals surface area contributed by atoms with E-state index < -0.39 is 5.60 Å². The van der Waals surface area contributed by atoms with Crippen LogP contribution >= 0.6 is 39.9 Å². The lowest BCUT2D eigenvalue weighted by Gasteiger charge is -2.26. The van der Waals surface area contributed by atoms with Crippen LogP contribution in [0.25, 0.3) is 0 Å². The number of fused-ring (bicyclic) bond motifs is 2. The van der Waals surface area contributed by atoms with E-state index in [2.05, 4.69) is 56.4 Å². The highest BCUT2D eigenvalue weighted by Crippen LogP contribution is 2.35. The third-order valence-corrected chi connectivity index (χ3v) is 11.0. The Balaban J connectivity index is 0.000000290. The summed E-state index contributed by atoms with van der Waals surface area (Å²) in [4.78, 5) is 42.6. The van der Waals surface area contributed by atoms with E-state index in [0.717, 1.165) is 36.0 Å². The molecular formula is C52H71BrN6O10S2. The molecular weight excluding hydrogens is 1010 g/mol. The van der Waals surface area contributed by atoms with Gasteiger partial charge in [0, 0.05) is 35.6 Å². The number of thiol groups is 1. The first-order valence-electron chi connectivity index (χ1n) is 23.8. The molecule has 0 spiro atoms. The Morgan fingerprint density at radius 2 is 1.28 bits per heavy atom. The standard InChI is InChI=1S/C22H24N4O4S.C16H26N2O3S.C10H9BrO3.2C2H6/c1-2-24-9-10-28-16-6-4-15(5-7-16)25-22-26-21(23)20(31-22)19(27)14-3-8-17-18(13-14)30-12-11-29-17;1-5-18(15(19)21-16(2,3)4)10-11-20-14-8-6-13(7-9-14)17-12-22;11-6-8(12)7-1-2-9-10(5-7)14-4-3-13-9;2*1-2/h3-8,13,24H,2,9-12,23H2,1H3,(H,25,26);6-9,17,22H,5,10-12H2,1-4H3;1-2,5H,3-4,6H2;2*1-2H3. The summed E-state index contributed by atoms with van der Waals surface area (Å²) in [5.41, 5.74) is 8.48. The minimum absolute atomic E-state index is 0.0435. The average molecular weight is 1080 g/mol. The third kappa shape index (κ3) is 20.4. The number of benzene rings is 4. The molecule has 2 aliphatic rings. The van der Waals surface area contributed by atoms with Crippen LogP contribution in [0, 0.1) is 0 Å². The first kappa shape index (κ1) is 59.4. The Morgan fingerprint density at radius 3 is 1.80 bits per heavy atom. The van der Waals surface area contributed by atoms with Crippen molar-refractivity contribution in [2.24, 2.45) is 0 Å². The second-order valence-electron chi connectivity index (χ2n) is 15.5. The molecule has 0 saturated carbocycles. The van der Waals surface area contributed by atoms with Gasteiger partial charge in [-0.15, -0.1) is 0 Å². The molecule has 0 aliphatic carbocycles. The molecule has 0 atom stereocenters. The molecule has 0 unspecified atom stereocenters. The Labute approximate surface area is 437 Å². The zero-order valence-corrected chi connectivity index (χ0v) is 45.7. The Morgan fingerprint density at radius 1 is 0.761 bits per heavy atom. The number of halogens is 1. The van der Waals surface area contributed by atoms with Crippen LogP contribution in [0.1, 0.15) is 87.9 Å². The van der Waals surface area contributed by atoms with Crippen molar-refractivity contribution in [3.63, 3.8) is 0 Å². The van der Waals surface area contributed by atoms with E-state index in [9.17, 15) is 14.4 Å². The van der Waals surface area contributed by atoms with Crippen LogP contribution in [0.4, 0.5) is 27.1 Å². The summed E-state index contributed by atoms with van der Waals surface area (Å²) in [7, 11) is 0. The van der Waals surface area contributed by atoms with Crippen molar-refractivity contribution in [3.05, 3.63) is 101 Å². The maximum Gasteiger partial charge on any atom is 0.410 e. The molecule has 3 heterocycles. The number of aromatic nitrogens is 1. The molecule has 19 heteroatoms. The third-order valence-electron chi connectivity index (χ3n) is 9.35. The molecule has 5 N–H and O–H groups in total. The number of nitrogen functional groups attached to an aromatic ring is 1. The lowest BCUT2D eigenvalue weighted by Crippen LogP contribution is -2.38. The first-order valence-corrected chi connectivity index (χ1v) is 26.3. The molecule has 0 fully saturated rings. The van der Waals surface area contributed by atoms with Crippen molar-refractivity contribution in [1.82, 2.24) is 15.2 Å². The number of hydrogen-bond donors (Lipinski definition) is 5. The van der Waals surface area contributed by atoms with E-state index >= 15 is 0 Å². The monoisotopic (exact) mass is 1080 g/mol. The van der Waals surface area contributed by atoms with E-state index in [1.165, 1.54) is 11.3 Å². The van der Waals surface area contributed by atoms with E-state index in [0.29, 0.717) is 108 Å². The SMILES string of the molecule is CC.CC.CCN(CCOc1ccc(NCS)cc1)C(=O)OC(C)(C)C.CCNCCOc1ccc(Nc2nc(N)c(C(=O)c3ccc4c(c3)OCCO4)s2)cc1.O=C(CBr)c1ccc2c(c1)OCCO2. The van der Waals surface area contributed by atoms with Crippen LogP contribution < -0.4 is 50.1 Å². The van der Waals surface area contributed by atoms with Crippen molar-refractivity contribution in [2.75, 3.05) is 93.4 Å². The number of nitrogens with zero attached hydrogens (tertiary/aromatic N) is 2. The molecule has 16 nitrogen and oxygen atoms in total. The normalized spacial score (nSPS) is 11.7. The maximum atomic E-state index is 13.0. The van der Waals surface area contributed by atoms with Crippen molar-refractivity contribution in [2.45, 2.75) is 67.9 Å². The summed E-state index contributed by atoms with van der Waals surface area (Å²) in [6.45, 7) is 23.4. The van der Waals surface area contributed by atoms with E-state index in [1.807, 2.05) is 104 Å². The van der Waals surface area contributed by atoms with Crippen LogP contribution in [-0.4, -0.2) is 110 Å². The summed E-state index contributed by atoms with van der Waals surface area (Å²) in [5.74, 6) is 4.73. The smallest absolute Gasteiger partial charge is 0.410 e. The predicted octanol–water partition coefficient (Wildman–Crippen LogP) is 11.2. The minimum Gasteiger partial charge on any atom is -0.492 e. The Hall–Kier alpha value is -5.89. The number of nitrogens with one attached hydrogen (secondary N) is 3. The van der Waals surface area contributed by atoms with Gasteiger partial charge in [-0.2, -0.15) is 12.6 Å². The number of carbonyl (C=O) groups is 3. The number of rotatable bonds is 18. The maximum absolute atomic E-state index is 13.0. The molecule has 4 aromatic carbocycles. The van der Waals surface area contributed by atoms with Crippen molar-refractivity contribution in [1.29, 1.82) is 0 Å². The Kier molecular flexibility index (Phi) is 26.9. The summed E-state index contributed by atoms with van der Waals surface area (Å²) in [5, 5.41) is 10.4. The number of nitrogens with two attached hydrogens (primary N) is 1. The van der Waals surface area contributed by atoms with Gasteiger partial charge in [0.05, 0.1) is 17.8 Å². The largest absolute Gasteiger partial charge is 0.492 e. The topological polar surface area (TPSA) is 194 Å². The number of amides is 1. The van der Waals surface area contributed by atoms with Crippen molar-refractivity contribution >= 4 is 79.9 Å². The Bertz CT molecular complexity index is 2370. The fourth-order valence-electron chi connectivity index (χ4n) is 6.07. The van der Waals surface area contributed by atoms with Gasteiger partial charge in [0.15, 0.2) is 33.9 Å². The summed E-state index contributed by atoms with van der Waals surface area (Å²) in [6, 6.07) is 25.5. The summed E-state index contributed by atoms with van der Waals surface area (Å²) in [6.07, 6.45) is -0.313. The van der Waals surface area contributed by atoms with Crippen LogP contribution in [0.5, 0.6) is 34.5 Å². The van der Waals surface area contributed by atoms with Crippen LogP contribution in [0.2, 0.25) is 0 Å². The number of likely N-dealkylation sites (N-methyl/N-ethyl adjacent to an activating group) is 2. The number of hydrogen-bond acceptors (Lipinski definition) is 17. The van der Waals surface area contributed by atoms with E-state index in [-0.39, 0.29) is 23.5 Å². The number of carbonyl (C=O) groups excluding carboxylic acids is 3. The molecule has 1 amide bonds. The fraction of sp³-hybridized carbons (Fsp3) is 0.423. The number of alkyl halides is 1. The fourth-order valence-corrected chi connectivity index (χ4v) is 7.45. The van der Waals surface area contributed by atoms with Crippen LogP contribution in [-0.2, 0) is 4.74 Å². The molecule has 5 aromatic rings. The van der Waals surface area contributed by atoms with Gasteiger partial charge >= 0.3 is 6.09 Å². The zero-order valence-electron chi connectivity index (χ0n) is 42.4. The van der Waals surface area contributed by atoms with Crippen LogP contribution in [0.15, 0.2) is 84.9 Å². The second-order valence-corrected chi connectivity index (χ2v) is 17.3.